The van der Waals surface area contributed by atoms with Gasteiger partial charge in [-0.15, -0.1) is 0 Å². The van der Waals surface area contributed by atoms with E-state index in [2.05, 4.69) is 12.2 Å². The Kier molecular flexibility index (Phi) is 2.05. The van der Waals surface area contributed by atoms with E-state index in [1.165, 1.54) is 0 Å². The zero-order chi connectivity index (χ0) is 12.4. The van der Waals surface area contributed by atoms with Crippen LogP contribution in [0, 0.1) is 17.3 Å². The van der Waals surface area contributed by atoms with E-state index in [4.69, 9.17) is 0 Å². The van der Waals surface area contributed by atoms with Gasteiger partial charge in [-0.25, -0.2) is 0 Å². The minimum absolute atomic E-state index is 0.0401. The van der Waals surface area contributed by atoms with Crippen LogP contribution in [0.25, 0.3) is 0 Å². The molecule has 2 atom stereocenters. The Morgan fingerprint density at radius 2 is 1.53 bits per heavy atom. The van der Waals surface area contributed by atoms with E-state index >= 15 is 0 Å². The average molecular weight is 236 g/mol. The lowest BCUT2D eigenvalue weighted by atomic mass is 9.87. The molecule has 17 heavy (non-hydrogen) atoms. The van der Waals surface area contributed by atoms with Gasteiger partial charge in [-0.3, -0.25) is 14.5 Å². The van der Waals surface area contributed by atoms with Gasteiger partial charge in [0.25, 0.3) is 0 Å². The molecule has 1 saturated carbocycles. The number of imide groups is 1. The Morgan fingerprint density at radius 1 is 1.06 bits per heavy atom. The van der Waals surface area contributed by atoms with Crippen LogP contribution in [-0.2, 0) is 9.59 Å². The van der Waals surface area contributed by atoms with Gasteiger partial charge in [0.1, 0.15) is 0 Å². The van der Waals surface area contributed by atoms with Gasteiger partial charge in [0.15, 0.2) is 0 Å². The van der Waals surface area contributed by atoms with Crippen molar-refractivity contribution in [2.24, 2.45) is 17.3 Å². The lowest BCUT2D eigenvalue weighted by Gasteiger charge is -2.42. The smallest absolute Gasteiger partial charge is 0.234 e. The van der Waals surface area contributed by atoms with Crippen LogP contribution >= 0.6 is 0 Å². The molecule has 0 bridgehead atoms. The summed E-state index contributed by atoms with van der Waals surface area (Å²) in [5.74, 6) is 0.0761. The van der Waals surface area contributed by atoms with Gasteiger partial charge < -0.3 is 5.32 Å². The number of likely N-dealkylation sites (tertiary alicyclic amines) is 1. The Hall–Kier alpha value is -0.900. The molecule has 94 valence electrons. The fourth-order valence-electron chi connectivity index (χ4n) is 3.67. The maximum atomic E-state index is 12.4. The van der Waals surface area contributed by atoms with E-state index < -0.39 is 0 Å². The molecule has 0 spiro atoms. The molecule has 3 fully saturated rings. The summed E-state index contributed by atoms with van der Waals surface area (Å²) in [6.07, 6.45) is 1.76. The molecule has 2 unspecified atom stereocenters. The molecule has 2 heterocycles. The van der Waals surface area contributed by atoms with E-state index in [1.807, 2.05) is 13.8 Å². The fraction of sp³-hybridized carbons (Fsp3) is 0.846. The van der Waals surface area contributed by atoms with Gasteiger partial charge in [0.2, 0.25) is 11.8 Å². The maximum Gasteiger partial charge on any atom is 0.234 e. The molecule has 2 amide bonds. The van der Waals surface area contributed by atoms with Crippen molar-refractivity contribution in [3.05, 3.63) is 0 Å². The molecular weight excluding hydrogens is 216 g/mol. The van der Waals surface area contributed by atoms with E-state index in [1.54, 1.807) is 4.90 Å². The number of carbonyl (C=O) groups excluding carboxylic acids is 2. The van der Waals surface area contributed by atoms with Crippen LogP contribution in [-0.4, -0.2) is 35.3 Å². The summed E-state index contributed by atoms with van der Waals surface area (Å²) in [4.78, 5) is 26.3. The van der Waals surface area contributed by atoms with Gasteiger partial charge in [-0.1, -0.05) is 13.8 Å². The second kappa shape index (κ2) is 3.10. The second-order valence-corrected chi connectivity index (χ2v) is 6.54. The molecule has 2 aliphatic heterocycles. The predicted molar refractivity (Wildman–Crippen MR) is 63.1 cm³/mol. The molecule has 3 rings (SSSR count). The Balaban J connectivity index is 1.87. The van der Waals surface area contributed by atoms with Gasteiger partial charge in [-0.05, 0) is 38.3 Å². The monoisotopic (exact) mass is 236 g/mol. The highest BCUT2D eigenvalue weighted by Crippen LogP contribution is 2.64. The van der Waals surface area contributed by atoms with Crippen LogP contribution in [0.4, 0.5) is 0 Å². The first-order chi connectivity index (χ1) is 7.89. The van der Waals surface area contributed by atoms with Crippen molar-refractivity contribution in [1.29, 1.82) is 0 Å². The molecule has 0 radical (unpaired) electrons. The van der Waals surface area contributed by atoms with Crippen molar-refractivity contribution in [1.82, 2.24) is 10.2 Å². The molecule has 0 aromatic rings. The largest absolute Gasteiger partial charge is 0.317 e. The number of hydrogen-bond donors (Lipinski definition) is 1. The minimum Gasteiger partial charge on any atom is -0.317 e. The molecule has 2 saturated heterocycles. The lowest BCUT2D eigenvalue weighted by molar-refractivity contribution is -0.151. The van der Waals surface area contributed by atoms with Crippen molar-refractivity contribution in [2.45, 2.75) is 39.2 Å². The van der Waals surface area contributed by atoms with E-state index in [-0.39, 0.29) is 34.6 Å². The number of hydrogen-bond acceptors (Lipinski definition) is 3. The van der Waals surface area contributed by atoms with Gasteiger partial charge in [-0.2, -0.15) is 0 Å². The number of nitrogens with one attached hydrogen (secondary N) is 1. The van der Waals surface area contributed by atoms with Crippen molar-refractivity contribution in [2.75, 3.05) is 13.1 Å². The highest BCUT2D eigenvalue weighted by molar-refractivity contribution is 6.11. The van der Waals surface area contributed by atoms with Gasteiger partial charge >= 0.3 is 0 Å². The Bertz CT molecular complexity index is 372. The third-order valence-electron chi connectivity index (χ3n) is 5.02. The first-order valence-electron chi connectivity index (χ1n) is 6.48. The number of nitrogens with zero attached hydrogens (tertiary/aromatic N) is 1. The molecule has 0 aromatic carbocycles. The molecule has 1 aliphatic carbocycles. The van der Waals surface area contributed by atoms with E-state index in [0.29, 0.717) is 0 Å². The summed E-state index contributed by atoms with van der Waals surface area (Å²) in [7, 11) is 0. The van der Waals surface area contributed by atoms with Crippen LogP contribution in [0.15, 0.2) is 0 Å². The van der Waals surface area contributed by atoms with Crippen molar-refractivity contribution in [3.8, 4) is 0 Å². The summed E-state index contributed by atoms with van der Waals surface area (Å²) >= 11 is 0. The molecule has 4 nitrogen and oxygen atoms in total. The zero-order valence-corrected chi connectivity index (χ0v) is 10.7. The van der Waals surface area contributed by atoms with E-state index in [0.717, 1.165) is 25.9 Å². The minimum atomic E-state index is -0.247. The normalized spacial score (nSPS) is 38.2. The second-order valence-electron chi connectivity index (χ2n) is 6.54. The predicted octanol–water partition coefficient (Wildman–Crippen LogP) is 0.769. The average Bonchev–Trinajstić information content (AvgIpc) is 2.68. The van der Waals surface area contributed by atoms with E-state index in [9.17, 15) is 9.59 Å². The number of rotatable bonds is 1. The van der Waals surface area contributed by atoms with Gasteiger partial charge in [0.05, 0.1) is 17.4 Å². The third-order valence-corrected chi connectivity index (χ3v) is 5.02. The van der Waals surface area contributed by atoms with Crippen LogP contribution in [0.2, 0.25) is 0 Å². The van der Waals surface area contributed by atoms with Crippen molar-refractivity contribution >= 4 is 11.8 Å². The zero-order valence-electron chi connectivity index (χ0n) is 10.7. The topological polar surface area (TPSA) is 49.4 Å². The quantitative estimate of drug-likeness (QED) is 0.684. The summed E-state index contributed by atoms with van der Waals surface area (Å²) in [6, 6.07) is 0. The van der Waals surface area contributed by atoms with Gasteiger partial charge in [0, 0.05) is 0 Å². The maximum absolute atomic E-state index is 12.4. The van der Waals surface area contributed by atoms with Crippen LogP contribution in [0.3, 0.4) is 0 Å². The van der Waals surface area contributed by atoms with Crippen molar-refractivity contribution in [3.63, 3.8) is 0 Å². The van der Waals surface area contributed by atoms with Crippen LogP contribution in [0.1, 0.15) is 33.6 Å². The number of piperidine rings is 2. The van der Waals surface area contributed by atoms with Crippen LogP contribution in [0.5, 0.6) is 0 Å². The summed E-state index contributed by atoms with van der Waals surface area (Å²) in [5, 5.41) is 3.28. The SMILES string of the molecule is CC1(C)C2C(=O)N(C3(C)CCNCC3)C(=O)C21. The number of carbonyl (C=O) groups is 2. The Morgan fingerprint density at radius 3 is 2.00 bits per heavy atom. The van der Waals surface area contributed by atoms with Crippen molar-refractivity contribution < 1.29 is 9.59 Å². The molecular formula is C13H20N2O2. The highest BCUT2D eigenvalue weighted by atomic mass is 16.2. The highest BCUT2D eigenvalue weighted by Gasteiger charge is 2.74. The van der Waals surface area contributed by atoms with Crippen LogP contribution < -0.4 is 5.32 Å². The number of amides is 2. The molecule has 4 heteroatoms. The molecule has 3 aliphatic rings. The molecule has 1 N–H and O–H groups in total. The Labute approximate surface area is 102 Å². The lowest BCUT2D eigenvalue weighted by Crippen LogP contribution is -2.56. The third kappa shape index (κ3) is 1.27. The first kappa shape index (κ1) is 11.2. The fourth-order valence-corrected chi connectivity index (χ4v) is 3.67. The molecule has 0 aromatic heterocycles. The first-order valence-corrected chi connectivity index (χ1v) is 6.48. The number of fused-ring (bicyclic) bond motifs is 1. The summed E-state index contributed by atoms with van der Waals surface area (Å²) in [5.41, 5.74) is -0.336. The summed E-state index contributed by atoms with van der Waals surface area (Å²) < 4.78 is 0. The summed E-state index contributed by atoms with van der Waals surface area (Å²) in [6.45, 7) is 7.90. The standard InChI is InChI=1S/C13H20N2O2/c1-12(2)8-9(12)11(17)15(10(8)16)13(3)4-6-14-7-5-13/h8-9,14H,4-7H2,1-3H3.